The average molecular weight is 173 g/mol. The number of hydrogen-bond donors (Lipinski definition) is 1. The minimum atomic E-state index is 0.259. The molecule has 13 heavy (non-hydrogen) atoms. The first kappa shape index (κ1) is 6.41. The lowest BCUT2D eigenvalue weighted by atomic mass is 9.78. The van der Waals surface area contributed by atoms with E-state index in [4.69, 9.17) is 0 Å². The molecule has 0 spiro atoms. The summed E-state index contributed by atoms with van der Waals surface area (Å²) in [6, 6.07) is 0.484. The molecule has 0 aromatic heterocycles. The van der Waals surface area contributed by atoms with E-state index in [0.29, 0.717) is 12.0 Å². The minimum absolute atomic E-state index is 0.259. The fraction of sp³-hybridized carbons (Fsp3) is 0.545. The van der Waals surface area contributed by atoms with E-state index >= 15 is 0 Å². The van der Waals surface area contributed by atoms with Gasteiger partial charge in [-0.15, -0.1) is 0 Å². The van der Waals surface area contributed by atoms with E-state index in [0.717, 1.165) is 17.8 Å². The van der Waals surface area contributed by atoms with Gasteiger partial charge in [0.25, 0.3) is 0 Å². The van der Waals surface area contributed by atoms with Crippen LogP contribution in [0.5, 0.6) is 0 Å². The summed E-state index contributed by atoms with van der Waals surface area (Å²) in [5, 5.41) is 3.06. The Labute approximate surface area is 76.7 Å². The van der Waals surface area contributed by atoms with Crippen LogP contribution in [0, 0.1) is 29.6 Å². The third-order valence-electron chi connectivity index (χ3n) is 4.13. The molecule has 2 fully saturated rings. The second-order valence-electron chi connectivity index (χ2n) is 4.64. The lowest BCUT2D eigenvalue weighted by Gasteiger charge is -2.39. The minimum Gasteiger partial charge on any atom is -0.352 e. The Kier molecular flexibility index (Phi) is 0.859. The molecule has 2 nitrogen and oxygen atoms in total. The topological polar surface area (TPSA) is 29.1 Å². The van der Waals surface area contributed by atoms with Crippen LogP contribution in [0.4, 0.5) is 0 Å². The summed E-state index contributed by atoms with van der Waals surface area (Å²) < 4.78 is 0. The third kappa shape index (κ3) is 0.578. The SMILES string of the molecule is O=C1N[C@@H]2C3[C@@H]4C=CC(C=C[C@@H]34)[C@@H]12. The largest absolute Gasteiger partial charge is 0.352 e. The summed E-state index contributed by atoms with van der Waals surface area (Å²) >= 11 is 0. The van der Waals surface area contributed by atoms with Crippen molar-refractivity contribution >= 4 is 5.91 Å². The molecule has 4 bridgehead atoms. The van der Waals surface area contributed by atoms with Gasteiger partial charge in [0.15, 0.2) is 0 Å². The van der Waals surface area contributed by atoms with E-state index in [-0.39, 0.29) is 11.8 Å². The van der Waals surface area contributed by atoms with Crippen molar-refractivity contribution in [3.63, 3.8) is 0 Å². The van der Waals surface area contributed by atoms with Crippen LogP contribution in [0.15, 0.2) is 24.3 Å². The van der Waals surface area contributed by atoms with Gasteiger partial charge in [-0.2, -0.15) is 0 Å². The number of allylic oxidation sites excluding steroid dienone is 4. The van der Waals surface area contributed by atoms with Crippen LogP contribution in [-0.2, 0) is 4.79 Å². The van der Waals surface area contributed by atoms with Crippen LogP contribution in [0.25, 0.3) is 0 Å². The first-order chi connectivity index (χ1) is 6.36. The third-order valence-corrected chi connectivity index (χ3v) is 4.13. The Morgan fingerprint density at radius 2 is 1.77 bits per heavy atom. The predicted molar refractivity (Wildman–Crippen MR) is 47.7 cm³/mol. The Balaban J connectivity index is 1.87. The second kappa shape index (κ2) is 1.74. The van der Waals surface area contributed by atoms with Gasteiger partial charge in [0.2, 0.25) is 5.91 Å². The fourth-order valence-corrected chi connectivity index (χ4v) is 3.36. The van der Waals surface area contributed by atoms with Gasteiger partial charge in [0.05, 0.1) is 5.92 Å². The van der Waals surface area contributed by atoms with Crippen LogP contribution in [0.3, 0.4) is 0 Å². The van der Waals surface area contributed by atoms with E-state index < -0.39 is 0 Å². The smallest absolute Gasteiger partial charge is 0.226 e. The maximum absolute atomic E-state index is 11.4. The number of rotatable bonds is 0. The first-order valence-electron chi connectivity index (χ1n) is 5.03. The molecule has 4 atom stereocenters. The quantitative estimate of drug-likeness (QED) is 0.424. The molecule has 0 aromatic rings. The Bertz CT molecular complexity index is 337. The van der Waals surface area contributed by atoms with Crippen molar-refractivity contribution in [3.8, 4) is 0 Å². The van der Waals surface area contributed by atoms with E-state index in [1.165, 1.54) is 0 Å². The maximum Gasteiger partial charge on any atom is 0.226 e. The van der Waals surface area contributed by atoms with Crippen LogP contribution < -0.4 is 5.32 Å². The molecule has 4 aliphatic carbocycles. The molecule has 1 saturated heterocycles. The summed E-state index contributed by atoms with van der Waals surface area (Å²) in [6.45, 7) is 0. The van der Waals surface area contributed by atoms with Crippen LogP contribution in [0.1, 0.15) is 0 Å². The predicted octanol–water partition coefficient (Wildman–Crippen LogP) is 0.719. The highest BCUT2D eigenvalue weighted by atomic mass is 16.2. The maximum atomic E-state index is 11.4. The molecule has 1 N–H and O–H groups in total. The Hall–Kier alpha value is -1.05. The molecular weight excluding hydrogens is 162 g/mol. The van der Waals surface area contributed by atoms with Crippen molar-refractivity contribution in [1.29, 1.82) is 0 Å². The molecule has 1 aliphatic heterocycles. The zero-order chi connectivity index (χ0) is 8.58. The van der Waals surface area contributed by atoms with Crippen molar-refractivity contribution in [2.24, 2.45) is 29.6 Å². The van der Waals surface area contributed by atoms with E-state index in [9.17, 15) is 4.79 Å². The number of carbonyl (C=O) groups excluding carboxylic acids is 1. The fourth-order valence-electron chi connectivity index (χ4n) is 3.36. The summed E-state index contributed by atoms with van der Waals surface area (Å²) in [5.41, 5.74) is 0. The highest BCUT2D eigenvalue weighted by Crippen LogP contribution is 2.58. The van der Waals surface area contributed by atoms with Crippen molar-refractivity contribution in [3.05, 3.63) is 24.3 Å². The summed E-state index contributed by atoms with van der Waals surface area (Å²) in [4.78, 5) is 11.4. The zero-order valence-corrected chi connectivity index (χ0v) is 7.18. The van der Waals surface area contributed by atoms with Crippen LogP contribution in [-0.4, -0.2) is 11.9 Å². The Morgan fingerprint density at radius 1 is 1.08 bits per heavy atom. The highest BCUT2D eigenvalue weighted by molar-refractivity contribution is 5.87. The average Bonchev–Trinajstić information content (AvgIpc) is 2.79. The summed E-state index contributed by atoms with van der Waals surface area (Å²) in [7, 11) is 0. The van der Waals surface area contributed by atoms with Gasteiger partial charge >= 0.3 is 0 Å². The van der Waals surface area contributed by atoms with Gasteiger partial charge < -0.3 is 5.32 Å². The van der Waals surface area contributed by atoms with Gasteiger partial charge in [-0.3, -0.25) is 4.79 Å². The van der Waals surface area contributed by atoms with Gasteiger partial charge in [0.1, 0.15) is 0 Å². The van der Waals surface area contributed by atoms with Gasteiger partial charge in [-0.1, -0.05) is 24.3 Å². The van der Waals surface area contributed by atoms with Crippen molar-refractivity contribution in [2.75, 3.05) is 0 Å². The molecule has 0 radical (unpaired) electrons. The standard InChI is InChI=1S/C11H11NO/c13-11-8-5-1-3-6-7(4-2-5)9(6)10(8)12-11/h1-10H,(H,12,13)/t5?,6-,7-,8-,9?,10+/m1/s1. The molecule has 66 valence electrons. The molecule has 1 heterocycles. The first-order valence-corrected chi connectivity index (χ1v) is 5.03. The molecule has 5 rings (SSSR count). The number of amides is 1. The lowest BCUT2D eigenvalue weighted by Crippen LogP contribution is -2.61. The zero-order valence-electron chi connectivity index (χ0n) is 7.18. The van der Waals surface area contributed by atoms with E-state index in [1.54, 1.807) is 0 Å². The summed E-state index contributed by atoms with van der Waals surface area (Å²) in [6.07, 6.45) is 9.13. The van der Waals surface area contributed by atoms with Gasteiger partial charge in [0, 0.05) is 12.0 Å². The summed E-state index contributed by atoms with van der Waals surface area (Å²) in [5.74, 6) is 3.10. The molecule has 0 unspecified atom stereocenters. The number of β-lactam (4-membered cyclic amide) rings is 1. The lowest BCUT2D eigenvalue weighted by molar-refractivity contribution is -0.136. The second-order valence-corrected chi connectivity index (χ2v) is 4.64. The van der Waals surface area contributed by atoms with Crippen LogP contribution >= 0.6 is 0 Å². The molecule has 1 saturated carbocycles. The van der Waals surface area contributed by atoms with Crippen LogP contribution in [0.2, 0.25) is 0 Å². The van der Waals surface area contributed by atoms with Gasteiger partial charge in [-0.05, 0) is 17.8 Å². The van der Waals surface area contributed by atoms with Crippen molar-refractivity contribution in [2.45, 2.75) is 6.04 Å². The molecule has 2 heteroatoms. The number of nitrogens with one attached hydrogen (secondary N) is 1. The number of hydrogen-bond acceptors (Lipinski definition) is 1. The van der Waals surface area contributed by atoms with Gasteiger partial charge in [-0.25, -0.2) is 0 Å². The van der Waals surface area contributed by atoms with Crippen molar-refractivity contribution < 1.29 is 4.79 Å². The molecule has 0 aromatic carbocycles. The van der Waals surface area contributed by atoms with Crippen molar-refractivity contribution in [1.82, 2.24) is 5.32 Å². The molecule has 1 amide bonds. The van der Waals surface area contributed by atoms with E-state index in [1.807, 2.05) is 0 Å². The highest BCUT2D eigenvalue weighted by Gasteiger charge is 2.62. The normalized spacial score (nSPS) is 58.9. The monoisotopic (exact) mass is 173 g/mol. The van der Waals surface area contributed by atoms with E-state index in [2.05, 4.69) is 29.6 Å². The number of carbonyl (C=O) groups is 1. The molecule has 5 aliphatic rings. The Morgan fingerprint density at radius 3 is 2.38 bits per heavy atom. The molecular formula is C11H11NO.